The van der Waals surface area contributed by atoms with Gasteiger partial charge in [-0.3, -0.25) is 10.3 Å². The highest BCUT2D eigenvalue weighted by atomic mass is 32.1. The summed E-state index contributed by atoms with van der Waals surface area (Å²) in [7, 11) is 0. The summed E-state index contributed by atoms with van der Waals surface area (Å²) in [4.78, 5) is 23.3. The highest BCUT2D eigenvalue weighted by Gasteiger charge is 2.24. The Morgan fingerprint density at radius 2 is 2.19 bits per heavy atom. The first-order valence-electron chi connectivity index (χ1n) is 8.89. The molecule has 1 fully saturated rings. The number of urea groups is 1. The van der Waals surface area contributed by atoms with E-state index in [1.807, 2.05) is 18.2 Å². The number of amides is 2. The van der Waals surface area contributed by atoms with Crippen LogP contribution in [0.3, 0.4) is 0 Å². The summed E-state index contributed by atoms with van der Waals surface area (Å²) in [6, 6.07) is 9.57. The molecule has 1 aliphatic rings. The predicted molar refractivity (Wildman–Crippen MR) is 105 cm³/mol. The van der Waals surface area contributed by atoms with Gasteiger partial charge in [0.2, 0.25) is 6.23 Å². The predicted octanol–water partition coefficient (Wildman–Crippen LogP) is 2.69. The van der Waals surface area contributed by atoms with Gasteiger partial charge in [0, 0.05) is 32.4 Å². The second-order valence-corrected chi connectivity index (χ2v) is 7.46. The largest absolute Gasteiger partial charge is 0.462 e. The number of nitrogens with zero attached hydrogens (tertiary/aromatic N) is 3. The first kappa shape index (κ1) is 17.7. The van der Waals surface area contributed by atoms with Crippen LogP contribution in [0.4, 0.5) is 4.79 Å². The average molecular weight is 383 g/mol. The van der Waals surface area contributed by atoms with Crippen LogP contribution >= 0.6 is 11.3 Å². The SMILES string of the molecule is Cc1ccc2nc(C(NC(=O)N3CCNCC3)Oc3cccnc3)sc2c1. The third kappa shape index (κ3) is 4.17. The maximum atomic E-state index is 12.7. The van der Waals surface area contributed by atoms with Crippen molar-refractivity contribution in [1.82, 2.24) is 25.5 Å². The number of carbonyl (C=O) groups excluding carboxylic acids is 1. The van der Waals surface area contributed by atoms with Crippen molar-refractivity contribution in [3.05, 3.63) is 53.3 Å². The molecule has 0 bridgehead atoms. The number of aromatic nitrogens is 2. The Morgan fingerprint density at radius 3 is 2.96 bits per heavy atom. The van der Waals surface area contributed by atoms with Gasteiger partial charge >= 0.3 is 6.03 Å². The Kier molecular flexibility index (Phi) is 5.17. The summed E-state index contributed by atoms with van der Waals surface area (Å²) < 4.78 is 7.10. The quantitative estimate of drug-likeness (QED) is 0.677. The molecule has 140 valence electrons. The zero-order valence-corrected chi connectivity index (χ0v) is 15.8. The van der Waals surface area contributed by atoms with Crippen LogP contribution in [0.25, 0.3) is 10.2 Å². The number of pyridine rings is 1. The first-order chi connectivity index (χ1) is 13.2. The third-order valence-electron chi connectivity index (χ3n) is 4.33. The van der Waals surface area contributed by atoms with Crippen LogP contribution in [0, 0.1) is 6.92 Å². The van der Waals surface area contributed by atoms with Crippen LogP contribution < -0.4 is 15.4 Å². The van der Waals surface area contributed by atoms with E-state index in [1.165, 1.54) is 16.9 Å². The molecule has 4 rings (SSSR count). The van der Waals surface area contributed by atoms with Gasteiger partial charge in [-0.1, -0.05) is 6.07 Å². The van der Waals surface area contributed by atoms with Crippen LogP contribution in [-0.2, 0) is 0 Å². The number of carbonyl (C=O) groups is 1. The lowest BCUT2D eigenvalue weighted by atomic mass is 10.2. The number of piperazine rings is 1. The number of thiazole rings is 1. The molecule has 1 unspecified atom stereocenters. The highest BCUT2D eigenvalue weighted by molar-refractivity contribution is 7.18. The van der Waals surface area contributed by atoms with E-state index in [0.717, 1.165) is 23.3 Å². The zero-order valence-electron chi connectivity index (χ0n) is 15.0. The van der Waals surface area contributed by atoms with E-state index < -0.39 is 6.23 Å². The Morgan fingerprint density at radius 1 is 1.33 bits per heavy atom. The van der Waals surface area contributed by atoms with Gasteiger partial charge in [0.05, 0.1) is 16.4 Å². The van der Waals surface area contributed by atoms with Gasteiger partial charge in [-0.15, -0.1) is 11.3 Å². The molecule has 7 nitrogen and oxygen atoms in total. The van der Waals surface area contributed by atoms with Crippen molar-refractivity contribution in [2.75, 3.05) is 26.2 Å². The summed E-state index contributed by atoms with van der Waals surface area (Å²) in [5.74, 6) is 0.582. The van der Waals surface area contributed by atoms with Crippen molar-refractivity contribution in [1.29, 1.82) is 0 Å². The number of nitrogens with one attached hydrogen (secondary N) is 2. The van der Waals surface area contributed by atoms with Gasteiger partial charge in [-0.25, -0.2) is 9.78 Å². The van der Waals surface area contributed by atoms with Gasteiger partial charge in [0.25, 0.3) is 0 Å². The van der Waals surface area contributed by atoms with E-state index >= 15 is 0 Å². The highest BCUT2D eigenvalue weighted by Crippen LogP contribution is 2.29. The molecule has 2 aromatic heterocycles. The number of fused-ring (bicyclic) bond motifs is 1. The van der Waals surface area contributed by atoms with Crippen molar-refractivity contribution in [3.8, 4) is 5.75 Å². The van der Waals surface area contributed by atoms with Crippen LogP contribution in [0.15, 0.2) is 42.7 Å². The van der Waals surface area contributed by atoms with E-state index in [-0.39, 0.29) is 6.03 Å². The minimum absolute atomic E-state index is 0.152. The maximum Gasteiger partial charge on any atom is 0.320 e. The van der Waals surface area contributed by atoms with Gasteiger partial charge in [-0.2, -0.15) is 0 Å². The second-order valence-electron chi connectivity index (χ2n) is 6.40. The molecule has 27 heavy (non-hydrogen) atoms. The average Bonchev–Trinajstić information content (AvgIpc) is 3.12. The van der Waals surface area contributed by atoms with Crippen molar-refractivity contribution in [2.24, 2.45) is 0 Å². The molecule has 3 aromatic rings. The number of aryl methyl sites for hydroxylation is 1. The number of benzene rings is 1. The Labute approximate surface area is 161 Å². The maximum absolute atomic E-state index is 12.7. The summed E-state index contributed by atoms with van der Waals surface area (Å²) >= 11 is 1.53. The van der Waals surface area contributed by atoms with E-state index in [1.54, 1.807) is 23.4 Å². The van der Waals surface area contributed by atoms with Crippen LogP contribution in [0.2, 0.25) is 0 Å². The molecule has 0 saturated carbocycles. The van der Waals surface area contributed by atoms with E-state index in [0.29, 0.717) is 23.8 Å². The summed E-state index contributed by atoms with van der Waals surface area (Å²) in [6.07, 6.45) is 2.64. The first-order valence-corrected chi connectivity index (χ1v) is 9.70. The van der Waals surface area contributed by atoms with Crippen LogP contribution in [0.1, 0.15) is 16.8 Å². The normalized spacial score (nSPS) is 15.5. The standard InChI is InChI=1S/C19H21N5O2S/c1-13-4-5-15-16(11-13)27-18(22-15)17(26-14-3-2-6-21-12-14)23-19(25)24-9-7-20-8-10-24/h2-6,11-12,17,20H,7-10H2,1H3,(H,23,25). The number of ether oxygens (including phenoxy) is 1. The van der Waals surface area contributed by atoms with E-state index in [9.17, 15) is 4.79 Å². The van der Waals surface area contributed by atoms with Crippen molar-refractivity contribution < 1.29 is 9.53 Å². The summed E-state index contributed by atoms with van der Waals surface area (Å²) in [6.45, 7) is 4.98. The van der Waals surface area contributed by atoms with Crippen LogP contribution in [0.5, 0.6) is 5.75 Å². The number of hydrogen-bond donors (Lipinski definition) is 2. The van der Waals surface area contributed by atoms with Crippen molar-refractivity contribution >= 4 is 27.6 Å². The lowest BCUT2D eigenvalue weighted by Gasteiger charge is -2.29. The molecule has 1 aromatic carbocycles. The molecule has 1 saturated heterocycles. The molecule has 0 aliphatic carbocycles. The van der Waals surface area contributed by atoms with E-state index in [2.05, 4.69) is 33.6 Å². The van der Waals surface area contributed by atoms with Gasteiger partial charge < -0.3 is 15.0 Å². The Balaban J connectivity index is 1.60. The Bertz CT molecular complexity index is 924. The lowest BCUT2D eigenvalue weighted by Crippen LogP contribution is -2.51. The molecule has 2 N–H and O–H groups in total. The number of hydrogen-bond acceptors (Lipinski definition) is 6. The molecule has 0 radical (unpaired) electrons. The van der Waals surface area contributed by atoms with Crippen molar-refractivity contribution in [3.63, 3.8) is 0 Å². The fourth-order valence-corrected chi connectivity index (χ4v) is 3.97. The zero-order chi connectivity index (χ0) is 18.6. The molecule has 8 heteroatoms. The summed E-state index contributed by atoms with van der Waals surface area (Å²) in [5, 5.41) is 6.94. The topological polar surface area (TPSA) is 79.4 Å². The van der Waals surface area contributed by atoms with Gasteiger partial charge in [-0.05, 0) is 36.8 Å². The molecule has 2 amide bonds. The molecule has 3 heterocycles. The lowest BCUT2D eigenvalue weighted by molar-refractivity contribution is 0.139. The second kappa shape index (κ2) is 7.89. The third-order valence-corrected chi connectivity index (χ3v) is 5.39. The van der Waals surface area contributed by atoms with Gasteiger partial charge in [0.1, 0.15) is 5.75 Å². The fraction of sp³-hybridized carbons (Fsp3) is 0.316. The fourth-order valence-electron chi connectivity index (χ4n) is 2.93. The summed E-state index contributed by atoms with van der Waals surface area (Å²) in [5.41, 5.74) is 2.07. The van der Waals surface area contributed by atoms with E-state index in [4.69, 9.17) is 4.74 Å². The van der Waals surface area contributed by atoms with Crippen LogP contribution in [-0.4, -0.2) is 47.1 Å². The number of rotatable bonds is 4. The molecule has 1 atom stereocenters. The smallest absolute Gasteiger partial charge is 0.320 e. The molecule has 0 spiro atoms. The van der Waals surface area contributed by atoms with Crippen molar-refractivity contribution in [2.45, 2.75) is 13.2 Å². The van der Waals surface area contributed by atoms with Gasteiger partial charge in [0.15, 0.2) is 5.01 Å². The monoisotopic (exact) mass is 383 g/mol. The Hall–Kier alpha value is -2.71. The minimum Gasteiger partial charge on any atom is -0.462 e. The molecular formula is C19H21N5O2S. The minimum atomic E-state index is -0.672. The molecular weight excluding hydrogens is 362 g/mol. The molecule has 1 aliphatic heterocycles.